The van der Waals surface area contributed by atoms with Crippen molar-refractivity contribution in [2.75, 3.05) is 0 Å². The highest BCUT2D eigenvalue weighted by molar-refractivity contribution is 6.38. The topological polar surface area (TPSA) is 110 Å². The van der Waals surface area contributed by atoms with Crippen LogP contribution in [0.4, 0.5) is 0 Å². The lowest BCUT2D eigenvalue weighted by Crippen LogP contribution is -2.53. The van der Waals surface area contributed by atoms with Crippen LogP contribution >= 0.6 is 0 Å². The van der Waals surface area contributed by atoms with Crippen molar-refractivity contribution in [2.24, 2.45) is 11.7 Å². The van der Waals surface area contributed by atoms with Crippen molar-refractivity contribution in [1.82, 2.24) is 10.2 Å². The summed E-state index contributed by atoms with van der Waals surface area (Å²) in [6.07, 6.45) is 0.490. The van der Waals surface area contributed by atoms with E-state index in [1.54, 1.807) is 19.1 Å². The zero-order chi connectivity index (χ0) is 21.7. The molecule has 0 bridgehead atoms. The number of hydrogen-bond donors (Lipinski definition) is 2. The number of likely N-dealkylation sites (tertiary alicyclic amines) is 1. The highest BCUT2D eigenvalue weighted by Gasteiger charge is 2.42. The van der Waals surface area contributed by atoms with Crippen LogP contribution in [0.25, 0.3) is 0 Å². The number of Topliss-reactive ketones (excluding diaryl/α,β-unsaturated/α-hetero) is 1. The van der Waals surface area contributed by atoms with E-state index >= 15 is 0 Å². The Morgan fingerprint density at radius 3 is 2.17 bits per heavy atom. The van der Waals surface area contributed by atoms with Gasteiger partial charge in [-0.05, 0) is 17.5 Å². The van der Waals surface area contributed by atoms with Crippen LogP contribution in [0.15, 0.2) is 60.7 Å². The minimum absolute atomic E-state index is 0.111. The Morgan fingerprint density at radius 1 is 1.03 bits per heavy atom. The number of rotatable bonds is 8. The van der Waals surface area contributed by atoms with Crippen molar-refractivity contribution in [3.8, 4) is 0 Å². The molecule has 0 spiro atoms. The molecule has 3 N–H and O–H groups in total. The quantitative estimate of drug-likeness (QED) is 0.641. The lowest BCUT2D eigenvalue weighted by atomic mass is 10.0. The molecule has 7 heteroatoms. The molecule has 1 fully saturated rings. The molecule has 3 amide bonds. The lowest BCUT2D eigenvalue weighted by Gasteiger charge is -2.26. The van der Waals surface area contributed by atoms with Crippen molar-refractivity contribution in [3.63, 3.8) is 0 Å². The first-order valence-corrected chi connectivity index (χ1v) is 9.89. The van der Waals surface area contributed by atoms with Crippen molar-refractivity contribution in [1.29, 1.82) is 0 Å². The summed E-state index contributed by atoms with van der Waals surface area (Å²) < 4.78 is 0. The monoisotopic (exact) mass is 407 g/mol. The van der Waals surface area contributed by atoms with E-state index in [-0.39, 0.29) is 18.2 Å². The van der Waals surface area contributed by atoms with E-state index in [4.69, 9.17) is 5.73 Å². The Morgan fingerprint density at radius 2 is 1.60 bits per heavy atom. The number of benzene rings is 2. The molecule has 156 valence electrons. The van der Waals surface area contributed by atoms with Gasteiger partial charge >= 0.3 is 0 Å². The second-order valence-electron chi connectivity index (χ2n) is 7.58. The fourth-order valence-electron chi connectivity index (χ4n) is 3.72. The van der Waals surface area contributed by atoms with Gasteiger partial charge in [0.05, 0.1) is 0 Å². The normalized spacial score (nSPS) is 19.4. The van der Waals surface area contributed by atoms with Crippen molar-refractivity contribution < 1.29 is 19.2 Å². The Bertz CT molecular complexity index is 930. The summed E-state index contributed by atoms with van der Waals surface area (Å²) in [5, 5.41) is 2.66. The minimum atomic E-state index is -1.10. The van der Waals surface area contributed by atoms with Crippen LogP contribution in [0.2, 0.25) is 0 Å². The number of carbonyl (C=O) groups excluding carboxylic acids is 4. The van der Waals surface area contributed by atoms with Crippen LogP contribution in [-0.2, 0) is 32.1 Å². The summed E-state index contributed by atoms with van der Waals surface area (Å²) in [6.45, 7) is 2.08. The van der Waals surface area contributed by atoms with Crippen molar-refractivity contribution in [3.05, 3.63) is 71.8 Å². The largest absolute Gasteiger partial charge is 0.363 e. The zero-order valence-electron chi connectivity index (χ0n) is 16.8. The average Bonchev–Trinajstić information content (AvgIpc) is 3.02. The Kier molecular flexibility index (Phi) is 6.61. The Hall–Kier alpha value is -3.48. The number of nitrogens with two attached hydrogens (primary N) is 1. The molecular weight excluding hydrogens is 382 g/mol. The molecule has 0 radical (unpaired) electrons. The third-order valence-corrected chi connectivity index (χ3v) is 5.31. The maximum absolute atomic E-state index is 13.1. The second kappa shape index (κ2) is 9.35. The molecule has 0 saturated carbocycles. The summed E-state index contributed by atoms with van der Waals surface area (Å²) in [7, 11) is 0. The smallest absolute Gasteiger partial charge is 0.287 e. The predicted molar refractivity (Wildman–Crippen MR) is 111 cm³/mol. The first-order chi connectivity index (χ1) is 14.4. The molecule has 1 unspecified atom stereocenters. The number of nitrogens with zero attached hydrogens (tertiary/aromatic N) is 1. The summed E-state index contributed by atoms with van der Waals surface area (Å²) in [4.78, 5) is 51.1. The van der Waals surface area contributed by atoms with Crippen LogP contribution in [0.1, 0.15) is 24.5 Å². The van der Waals surface area contributed by atoms with Crippen LogP contribution < -0.4 is 11.1 Å². The number of nitrogens with one attached hydrogen (secondary N) is 1. The molecule has 2 aromatic rings. The van der Waals surface area contributed by atoms with Crippen LogP contribution in [0.5, 0.6) is 0 Å². The van der Waals surface area contributed by atoms with E-state index in [0.717, 1.165) is 11.1 Å². The van der Waals surface area contributed by atoms with Gasteiger partial charge in [-0.1, -0.05) is 67.6 Å². The summed E-state index contributed by atoms with van der Waals surface area (Å²) >= 11 is 0. The first kappa shape index (κ1) is 21.2. The van der Waals surface area contributed by atoms with Crippen LogP contribution in [-0.4, -0.2) is 40.5 Å². The van der Waals surface area contributed by atoms with E-state index in [2.05, 4.69) is 5.32 Å². The van der Waals surface area contributed by atoms with E-state index in [1.165, 1.54) is 4.90 Å². The first-order valence-electron chi connectivity index (χ1n) is 9.89. The fourth-order valence-corrected chi connectivity index (χ4v) is 3.72. The highest BCUT2D eigenvalue weighted by atomic mass is 16.2. The van der Waals surface area contributed by atoms with Gasteiger partial charge < -0.3 is 16.0 Å². The van der Waals surface area contributed by atoms with Gasteiger partial charge in [0.1, 0.15) is 12.1 Å². The second-order valence-corrected chi connectivity index (χ2v) is 7.58. The van der Waals surface area contributed by atoms with E-state index in [9.17, 15) is 19.2 Å². The van der Waals surface area contributed by atoms with E-state index in [0.29, 0.717) is 13.0 Å². The molecule has 30 heavy (non-hydrogen) atoms. The third-order valence-electron chi connectivity index (χ3n) is 5.31. The maximum atomic E-state index is 13.1. The molecule has 1 aliphatic heterocycles. The molecule has 3 atom stereocenters. The molecule has 7 nitrogen and oxygen atoms in total. The summed E-state index contributed by atoms with van der Waals surface area (Å²) in [6, 6.07) is 16.7. The van der Waals surface area contributed by atoms with Gasteiger partial charge in [-0.3, -0.25) is 19.2 Å². The van der Waals surface area contributed by atoms with Crippen LogP contribution in [0, 0.1) is 5.92 Å². The molecule has 1 saturated heterocycles. The SMILES string of the molecule is C[C@H]1C[C@@H](C(=O)NC(Cc2ccccc2)C(=O)C(N)=O)N(Cc2ccccc2)C1=O. The molecule has 0 aromatic heterocycles. The van der Waals surface area contributed by atoms with E-state index < -0.39 is 29.7 Å². The lowest BCUT2D eigenvalue weighted by molar-refractivity contribution is -0.140. The molecule has 1 aliphatic rings. The standard InChI is InChI=1S/C23H25N3O4/c1-15-12-19(26(23(15)30)14-17-10-6-3-7-11-17)22(29)25-18(20(27)21(24)28)13-16-8-4-2-5-9-16/h2-11,15,18-19H,12-14H2,1H3,(H2,24,28)(H,25,29)/t15-,18?,19-/m0/s1. The van der Waals surface area contributed by atoms with Gasteiger partial charge in [0.2, 0.25) is 17.6 Å². The number of ketones is 1. The number of primary amides is 1. The number of amides is 3. The van der Waals surface area contributed by atoms with Gasteiger partial charge in [0, 0.05) is 18.9 Å². The third kappa shape index (κ3) is 4.92. The van der Waals surface area contributed by atoms with Gasteiger partial charge in [-0.2, -0.15) is 0 Å². The number of carbonyl (C=O) groups is 4. The summed E-state index contributed by atoms with van der Waals surface area (Å²) in [5.41, 5.74) is 6.88. The van der Waals surface area contributed by atoms with Gasteiger partial charge in [0.15, 0.2) is 0 Å². The van der Waals surface area contributed by atoms with Crippen molar-refractivity contribution in [2.45, 2.75) is 38.4 Å². The predicted octanol–water partition coefficient (Wildman–Crippen LogP) is 1.21. The summed E-state index contributed by atoms with van der Waals surface area (Å²) in [5.74, 6) is -2.84. The number of hydrogen-bond acceptors (Lipinski definition) is 4. The molecule has 3 rings (SSSR count). The van der Waals surface area contributed by atoms with E-state index in [1.807, 2.05) is 48.5 Å². The molecular formula is C23H25N3O4. The maximum Gasteiger partial charge on any atom is 0.287 e. The van der Waals surface area contributed by atoms with Crippen LogP contribution in [0.3, 0.4) is 0 Å². The van der Waals surface area contributed by atoms with Crippen molar-refractivity contribution >= 4 is 23.5 Å². The molecule has 2 aromatic carbocycles. The van der Waals surface area contributed by atoms with Gasteiger partial charge in [0.25, 0.3) is 5.91 Å². The molecule has 0 aliphatic carbocycles. The Balaban J connectivity index is 1.78. The van der Waals surface area contributed by atoms with Gasteiger partial charge in [-0.15, -0.1) is 0 Å². The Labute approximate surface area is 175 Å². The molecule has 1 heterocycles. The highest BCUT2D eigenvalue weighted by Crippen LogP contribution is 2.26. The minimum Gasteiger partial charge on any atom is -0.363 e. The average molecular weight is 407 g/mol. The van der Waals surface area contributed by atoms with Gasteiger partial charge in [-0.25, -0.2) is 0 Å². The fraction of sp³-hybridized carbons (Fsp3) is 0.304. The zero-order valence-corrected chi connectivity index (χ0v) is 16.8.